The molecule has 0 saturated carbocycles. The van der Waals surface area contributed by atoms with Crippen LogP contribution < -0.4 is 5.32 Å². The summed E-state index contributed by atoms with van der Waals surface area (Å²) >= 11 is 0. The second kappa shape index (κ2) is 4.44. The first-order chi connectivity index (χ1) is 5.79. The summed E-state index contributed by atoms with van der Waals surface area (Å²) in [6, 6.07) is 3.30. The maximum Gasteiger partial charge on any atom is 0.0638 e. The van der Waals surface area contributed by atoms with Crippen LogP contribution in [0.25, 0.3) is 0 Å². The van der Waals surface area contributed by atoms with Crippen LogP contribution in [0.1, 0.15) is 20.3 Å². The fourth-order valence-electron chi connectivity index (χ4n) is 1.69. The summed E-state index contributed by atoms with van der Waals surface area (Å²) in [5.41, 5.74) is 0. The van der Waals surface area contributed by atoms with Crippen molar-refractivity contribution in [2.45, 2.75) is 32.4 Å². The maximum atomic E-state index is 8.56. The Balaban J connectivity index is 2.38. The van der Waals surface area contributed by atoms with Crippen LogP contribution in [-0.4, -0.2) is 36.6 Å². The molecule has 3 heteroatoms. The Bertz CT molecular complexity index is 169. The molecule has 0 amide bonds. The zero-order valence-electron chi connectivity index (χ0n) is 7.88. The predicted octanol–water partition coefficient (Wildman–Crippen LogP) is 0.582. The molecule has 1 unspecified atom stereocenters. The molecule has 12 heavy (non-hydrogen) atoms. The number of nitrogens with one attached hydrogen (secondary N) is 1. The molecule has 1 fully saturated rings. The van der Waals surface area contributed by atoms with Gasteiger partial charge in [-0.05, 0) is 13.5 Å². The molecule has 1 N–H and O–H groups in total. The Hall–Kier alpha value is -0.590. The third-order valence-electron chi connectivity index (χ3n) is 2.55. The molecule has 68 valence electrons. The van der Waals surface area contributed by atoms with Crippen molar-refractivity contribution in [2.24, 2.45) is 0 Å². The molecule has 1 rings (SSSR count). The molecule has 0 aromatic rings. The monoisotopic (exact) mass is 167 g/mol. The van der Waals surface area contributed by atoms with Crippen molar-refractivity contribution in [2.75, 3.05) is 19.6 Å². The third-order valence-corrected chi connectivity index (χ3v) is 2.55. The smallest absolute Gasteiger partial charge is 0.0638 e. The highest BCUT2D eigenvalue weighted by Gasteiger charge is 2.26. The molecule has 1 aliphatic heterocycles. The molecular formula is C9H17N3. The van der Waals surface area contributed by atoms with Gasteiger partial charge in [-0.15, -0.1) is 0 Å². The van der Waals surface area contributed by atoms with Gasteiger partial charge in [0, 0.05) is 25.2 Å². The normalized spacial score (nSPS) is 20.2. The lowest BCUT2D eigenvalue weighted by atomic mass is 10.1. The fraction of sp³-hybridized carbons (Fsp3) is 0.889. The summed E-state index contributed by atoms with van der Waals surface area (Å²) < 4.78 is 0. The highest BCUT2D eigenvalue weighted by atomic mass is 15.2. The zero-order chi connectivity index (χ0) is 8.97. The second-order valence-electron chi connectivity index (χ2n) is 3.35. The second-order valence-corrected chi connectivity index (χ2v) is 3.35. The largest absolute Gasteiger partial charge is 0.314 e. The minimum atomic E-state index is 0.409. The number of rotatable bonds is 4. The van der Waals surface area contributed by atoms with Crippen LogP contribution in [0.4, 0.5) is 0 Å². The van der Waals surface area contributed by atoms with Gasteiger partial charge in [0.2, 0.25) is 0 Å². The van der Waals surface area contributed by atoms with Gasteiger partial charge in [0.05, 0.1) is 12.5 Å². The minimum absolute atomic E-state index is 0.409. The number of hydrogen-bond acceptors (Lipinski definition) is 3. The van der Waals surface area contributed by atoms with E-state index in [4.69, 9.17) is 5.26 Å². The van der Waals surface area contributed by atoms with Crippen molar-refractivity contribution in [3.63, 3.8) is 0 Å². The van der Waals surface area contributed by atoms with Gasteiger partial charge in [-0.2, -0.15) is 5.26 Å². The number of likely N-dealkylation sites (N-methyl/N-ethyl adjacent to an activating group) is 1. The lowest BCUT2D eigenvalue weighted by Crippen LogP contribution is -2.59. The first kappa shape index (κ1) is 9.50. The molecular weight excluding hydrogens is 150 g/mol. The minimum Gasteiger partial charge on any atom is -0.314 e. The summed E-state index contributed by atoms with van der Waals surface area (Å²) in [6.07, 6.45) is 0.643. The molecule has 1 aliphatic rings. The van der Waals surface area contributed by atoms with E-state index in [2.05, 4.69) is 30.1 Å². The molecule has 1 heterocycles. The Labute approximate surface area is 74.4 Å². The van der Waals surface area contributed by atoms with Crippen LogP contribution in [0.15, 0.2) is 0 Å². The van der Waals surface area contributed by atoms with E-state index in [1.165, 1.54) is 0 Å². The molecule has 0 aromatic heterocycles. The van der Waals surface area contributed by atoms with E-state index in [0.29, 0.717) is 18.5 Å². The standard InChI is InChI=1S/C9H17N3/c1-3-12(8(2)4-5-10)9-6-11-7-9/h8-9,11H,3-4,6-7H2,1-2H3. The lowest BCUT2D eigenvalue weighted by molar-refractivity contribution is 0.111. The molecule has 1 atom stereocenters. The van der Waals surface area contributed by atoms with Crippen LogP contribution >= 0.6 is 0 Å². The molecule has 0 aliphatic carbocycles. The van der Waals surface area contributed by atoms with E-state index in [-0.39, 0.29) is 0 Å². The highest BCUT2D eigenvalue weighted by Crippen LogP contribution is 2.11. The Morgan fingerprint density at radius 3 is 2.67 bits per heavy atom. The van der Waals surface area contributed by atoms with Gasteiger partial charge in [-0.25, -0.2) is 0 Å². The molecule has 0 radical (unpaired) electrons. The first-order valence-corrected chi connectivity index (χ1v) is 4.63. The summed E-state index contributed by atoms with van der Waals surface area (Å²) in [6.45, 7) is 7.51. The maximum absolute atomic E-state index is 8.56. The van der Waals surface area contributed by atoms with Crippen molar-refractivity contribution in [1.29, 1.82) is 5.26 Å². The quantitative estimate of drug-likeness (QED) is 0.666. The van der Waals surface area contributed by atoms with Crippen LogP contribution in [0.5, 0.6) is 0 Å². The first-order valence-electron chi connectivity index (χ1n) is 4.63. The van der Waals surface area contributed by atoms with Gasteiger partial charge >= 0.3 is 0 Å². The molecule has 0 bridgehead atoms. The lowest BCUT2D eigenvalue weighted by Gasteiger charge is -2.40. The summed E-state index contributed by atoms with van der Waals surface area (Å²) in [7, 11) is 0. The van der Waals surface area contributed by atoms with Crippen LogP contribution in [0, 0.1) is 11.3 Å². The van der Waals surface area contributed by atoms with Crippen molar-refractivity contribution in [3.8, 4) is 6.07 Å². The van der Waals surface area contributed by atoms with E-state index in [1.807, 2.05) is 0 Å². The molecule has 3 nitrogen and oxygen atoms in total. The van der Waals surface area contributed by atoms with E-state index >= 15 is 0 Å². The molecule has 0 aromatic carbocycles. The predicted molar refractivity (Wildman–Crippen MR) is 48.7 cm³/mol. The molecule has 0 spiro atoms. The summed E-state index contributed by atoms with van der Waals surface area (Å²) in [4.78, 5) is 2.40. The SMILES string of the molecule is CCN(C(C)CC#N)C1CNC1. The van der Waals surface area contributed by atoms with Crippen molar-refractivity contribution < 1.29 is 0 Å². The van der Waals surface area contributed by atoms with Gasteiger partial charge in [0.25, 0.3) is 0 Å². The highest BCUT2D eigenvalue weighted by molar-refractivity contribution is 4.89. The summed E-state index contributed by atoms with van der Waals surface area (Å²) in [5.74, 6) is 0. The summed E-state index contributed by atoms with van der Waals surface area (Å²) in [5, 5.41) is 11.8. The van der Waals surface area contributed by atoms with Crippen molar-refractivity contribution >= 4 is 0 Å². The molecule has 1 saturated heterocycles. The van der Waals surface area contributed by atoms with Crippen LogP contribution in [0.3, 0.4) is 0 Å². The van der Waals surface area contributed by atoms with E-state index in [0.717, 1.165) is 19.6 Å². The number of nitrogens with zero attached hydrogens (tertiary/aromatic N) is 2. The Morgan fingerprint density at radius 2 is 2.33 bits per heavy atom. The topological polar surface area (TPSA) is 39.1 Å². The van der Waals surface area contributed by atoms with Gasteiger partial charge in [-0.1, -0.05) is 6.92 Å². The van der Waals surface area contributed by atoms with Crippen LogP contribution in [0.2, 0.25) is 0 Å². The van der Waals surface area contributed by atoms with E-state index in [9.17, 15) is 0 Å². The number of nitriles is 1. The van der Waals surface area contributed by atoms with Gasteiger partial charge in [0.1, 0.15) is 0 Å². The third kappa shape index (κ3) is 1.96. The van der Waals surface area contributed by atoms with Gasteiger partial charge < -0.3 is 5.32 Å². The number of hydrogen-bond donors (Lipinski definition) is 1. The Morgan fingerprint density at radius 1 is 1.67 bits per heavy atom. The van der Waals surface area contributed by atoms with Crippen molar-refractivity contribution in [3.05, 3.63) is 0 Å². The zero-order valence-corrected chi connectivity index (χ0v) is 7.88. The van der Waals surface area contributed by atoms with E-state index in [1.54, 1.807) is 0 Å². The fourth-order valence-corrected chi connectivity index (χ4v) is 1.69. The van der Waals surface area contributed by atoms with Gasteiger partial charge in [-0.3, -0.25) is 4.90 Å². The average molecular weight is 167 g/mol. The van der Waals surface area contributed by atoms with Crippen LogP contribution in [-0.2, 0) is 0 Å². The van der Waals surface area contributed by atoms with Crippen molar-refractivity contribution in [1.82, 2.24) is 10.2 Å². The average Bonchev–Trinajstić information content (AvgIpc) is 1.96. The van der Waals surface area contributed by atoms with E-state index < -0.39 is 0 Å². The Kier molecular flexibility index (Phi) is 3.51. The van der Waals surface area contributed by atoms with Gasteiger partial charge in [0.15, 0.2) is 0 Å².